The number of hydrazone groups is 1. The number of hydrogen-bond acceptors (Lipinski definition) is 6. The average Bonchev–Trinajstić information content (AvgIpc) is 3.29. The van der Waals surface area contributed by atoms with Crippen LogP contribution in [0.15, 0.2) is 75.6 Å². The average molecular weight is 576 g/mol. The maximum absolute atomic E-state index is 12.5. The molecule has 0 radical (unpaired) electrons. The predicted octanol–water partition coefficient (Wildman–Crippen LogP) is 7.40. The zero-order chi connectivity index (χ0) is 24.1. The van der Waals surface area contributed by atoms with Gasteiger partial charge >= 0.3 is 0 Å². The van der Waals surface area contributed by atoms with Crippen molar-refractivity contribution < 1.29 is 9.53 Å². The van der Waals surface area contributed by atoms with Crippen molar-refractivity contribution >= 4 is 73.4 Å². The third-order valence-electron chi connectivity index (χ3n) is 4.65. The van der Waals surface area contributed by atoms with Crippen LogP contribution in [-0.2, 0) is 0 Å². The van der Waals surface area contributed by atoms with Gasteiger partial charge < -0.3 is 10.1 Å². The zero-order valence-electron chi connectivity index (χ0n) is 17.7. The van der Waals surface area contributed by atoms with E-state index in [2.05, 4.69) is 36.8 Å². The number of benzene rings is 3. The van der Waals surface area contributed by atoms with Crippen molar-refractivity contribution in [3.63, 3.8) is 0 Å². The molecule has 4 rings (SSSR count). The van der Waals surface area contributed by atoms with E-state index in [1.54, 1.807) is 24.3 Å². The molecule has 0 aliphatic rings. The van der Waals surface area contributed by atoms with Crippen molar-refractivity contribution in [3.8, 4) is 17.0 Å². The van der Waals surface area contributed by atoms with Crippen LogP contribution in [0.4, 0.5) is 10.8 Å². The van der Waals surface area contributed by atoms with Gasteiger partial charge in [-0.2, -0.15) is 5.10 Å². The molecule has 0 aliphatic heterocycles. The first-order chi connectivity index (χ1) is 16.4. The van der Waals surface area contributed by atoms with E-state index in [-0.39, 0.29) is 5.91 Å². The van der Waals surface area contributed by atoms with Crippen LogP contribution >= 0.6 is 50.5 Å². The van der Waals surface area contributed by atoms with Crippen molar-refractivity contribution in [3.05, 3.63) is 91.7 Å². The van der Waals surface area contributed by atoms with Gasteiger partial charge in [-0.05, 0) is 48.5 Å². The summed E-state index contributed by atoms with van der Waals surface area (Å²) in [6.45, 7) is 0. The molecule has 0 fully saturated rings. The van der Waals surface area contributed by atoms with Crippen molar-refractivity contribution in [2.24, 2.45) is 5.10 Å². The Hall–Kier alpha value is -2.91. The van der Waals surface area contributed by atoms with Gasteiger partial charge in [-0.3, -0.25) is 4.79 Å². The van der Waals surface area contributed by atoms with Crippen LogP contribution in [0.25, 0.3) is 11.3 Å². The predicted molar refractivity (Wildman–Crippen MR) is 143 cm³/mol. The Morgan fingerprint density at radius 1 is 1.12 bits per heavy atom. The fourth-order valence-corrected chi connectivity index (χ4v) is 4.81. The van der Waals surface area contributed by atoms with E-state index in [1.807, 2.05) is 41.8 Å². The number of anilines is 2. The molecule has 172 valence electrons. The largest absolute Gasteiger partial charge is 0.495 e. The molecule has 0 atom stereocenters. The van der Waals surface area contributed by atoms with Gasteiger partial charge in [0.25, 0.3) is 5.91 Å². The molecule has 10 heteroatoms. The van der Waals surface area contributed by atoms with Crippen LogP contribution in [-0.4, -0.2) is 24.2 Å². The van der Waals surface area contributed by atoms with E-state index >= 15 is 0 Å². The van der Waals surface area contributed by atoms with E-state index in [0.717, 1.165) is 26.5 Å². The summed E-state index contributed by atoms with van der Waals surface area (Å²) < 4.78 is 6.07. The molecule has 0 spiro atoms. The minimum absolute atomic E-state index is 0.341. The van der Waals surface area contributed by atoms with E-state index in [4.69, 9.17) is 27.9 Å². The number of ether oxygens (including phenoxy) is 1. The minimum Gasteiger partial charge on any atom is -0.495 e. The first-order valence-electron chi connectivity index (χ1n) is 9.88. The Kier molecular flexibility index (Phi) is 7.84. The molecule has 1 aromatic heterocycles. The number of halogens is 3. The molecular weight excluding hydrogens is 559 g/mol. The smallest absolute Gasteiger partial charge is 0.271 e. The third-order valence-corrected chi connectivity index (χ3v) is 6.40. The second-order valence-corrected chi connectivity index (χ2v) is 9.57. The number of amides is 1. The van der Waals surface area contributed by atoms with Crippen molar-refractivity contribution in [1.29, 1.82) is 0 Å². The summed E-state index contributed by atoms with van der Waals surface area (Å²) in [6, 6.07) is 18.1. The molecule has 0 bridgehead atoms. The summed E-state index contributed by atoms with van der Waals surface area (Å²) in [5, 5.41) is 11.1. The summed E-state index contributed by atoms with van der Waals surface area (Å²) in [5.41, 5.74) is 6.22. The highest BCUT2D eigenvalue weighted by Crippen LogP contribution is 2.31. The highest BCUT2D eigenvalue weighted by Gasteiger charge is 2.10. The van der Waals surface area contributed by atoms with Crippen LogP contribution in [0, 0.1) is 0 Å². The number of hydrogen-bond donors (Lipinski definition) is 2. The Bertz CT molecular complexity index is 1340. The monoisotopic (exact) mass is 574 g/mol. The van der Waals surface area contributed by atoms with E-state index < -0.39 is 0 Å². The first-order valence-corrected chi connectivity index (χ1v) is 12.3. The molecular formula is C24H17BrCl2N4O2S. The van der Waals surface area contributed by atoms with Gasteiger partial charge in [0.1, 0.15) is 5.75 Å². The standard InChI is InChI=1S/C24H17BrCl2N4O2S/c1-33-22-16(10-17(25)11-20(22)27)12-28-31-23(32)15-4-2-14(3-5-15)21-13-34-24(30-21)29-19-8-6-18(26)7-9-19/h2-13H,1H3,(H,29,30)(H,31,32)/b28-12-. The molecule has 3 aromatic carbocycles. The lowest BCUT2D eigenvalue weighted by Crippen LogP contribution is -2.17. The highest BCUT2D eigenvalue weighted by molar-refractivity contribution is 9.10. The number of nitrogens with zero attached hydrogens (tertiary/aromatic N) is 2. The van der Waals surface area contributed by atoms with Crippen LogP contribution in [0.2, 0.25) is 10.0 Å². The summed E-state index contributed by atoms with van der Waals surface area (Å²) in [4.78, 5) is 17.1. The van der Waals surface area contributed by atoms with Gasteiger partial charge in [0.15, 0.2) is 5.13 Å². The van der Waals surface area contributed by atoms with Crippen LogP contribution in [0.5, 0.6) is 5.75 Å². The Morgan fingerprint density at radius 2 is 1.85 bits per heavy atom. The Balaban J connectivity index is 1.40. The van der Waals surface area contributed by atoms with Gasteiger partial charge in [0, 0.05) is 37.3 Å². The van der Waals surface area contributed by atoms with Gasteiger partial charge in [0.2, 0.25) is 0 Å². The highest BCUT2D eigenvalue weighted by atomic mass is 79.9. The third kappa shape index (κ3) is 5.95. The van der Waals surface area contributed by atoms with Crippen LogP contribution < -0.4 is 15.5 Å². The lowest BCUT2D eigenvalue weighted by Gasteiger charge is -2.07. The van der Waals surface area contributed by atoms with E-state index in [1.165, 1.54) is 24.7 Å². The summed E-state index contributed by atoms with van der Waals surface area (Å²) in [5.74, 6) is 0.131. The fourth-order valence-electron chi connectivity index (χ4n) is 3.03. The lowest BCUT2D eigenvalue weighted by molar-refractivity contribution is 0.0955. The molecule has 0 saturated carbocycles. The lowest BCUT2D eigenvalue weighted by atomic mass is 10.1. The van der Waals surface area contributed by atoms with Gasteiger partial charge in [-0.25, -0.2) is 10.4 Å². The normalized spacial score (nSPS) is 10.9. The molecule has 0 saturated heterocycles. The SMILES string of the molecule is COc1c(Cl)cc(Br)cc1/C=N\NC(=O)c1ccc(-c2csc(Nc3ccc(Cl)cc3)n2)cc1. The van der Waals surface area contributed by atoms with Crippen molar-refractivity contribution in [2.45, 2.75) is 0 Å². The summed E-state index contributed by atoms with van der Waals surface area (Å²) >= 11 is 17.0. The van der Waals surface area contributed by atoms with Gasteiger partial charge in [-0.1, -0.05) is 51.3 Å². The Morgan fingerprint density at radius 3 is 2.56 bits per heavy atom. The van der Waals surface area contributed by atoms with Gasteiger partial charge in [0.05, 0.1) is 24.0 Å². The number of carbonyl (C=O) groups excluding carboxylic acids is 1. The second kappa shape index (κ2) is 11.0. The minimum atomic E-state index is -0.341. The topological polar surface area (TPSA) is 75.6 Å². The van der Waals surface area contributed by atoms with Crippen LogP contribution in [0.3, 0.4) is 0 Å². The van der Waals surface area contributed by atoms with Gasteiger partial charge in [-0.15, -0.1) is 11.3 Å². The number of thiazole rings is 1. The molecule has 1 heterocycles. The molecule has 6 nitrogen and oxygen atoms in total. The molecule has 4 aromatic rings. The molecule has 0 unspecified atom stereocenters. The Labute approximate surface area is 218 Å². The van der Waals surface area contributed by atoms with E-state index in [9.17, 15) is 4.79 Å². The summed E-state index contributed by atoms with van der Waals surface area (Å²) in [6.07, 6.45) is 1.48. The molecule has 1 amide bonds. The number of nitrogens with one attached hydrogen (secondary N) is 2. The first kappa shape index (κ1) is 24.2. The van der Waals surface area contributed by atoms with Crippen molar-refractivity contribution in [1.82, 2.24) is 10.4 Å². The number of aromatic nitrogens is 1. The fraction of sp³-hybridized carbons (Fsp3) is 0.0417. The molecule has 0 aliphatic carbocycles. The quantitative estimate of drug-likeness (QED) is 0.178. The van der Waals surface area contributed by atoms with Crippen molar-refractivity contribution in [2.75, 3.05) is 12.4 Å². The second-order valence-electron chi connectivity index (χ2n) is 6.96. The molecule has 34 heavy (non-hydrogen) atoms. The number of rotatable bonds is 7. The van der Waals surface area contributed by atoms with E-state index in [0.29, 0.717) is 26.9 Å². The maximum Gasteiger partial charge on any atom is 0.271 e. The zero-order valence-corrected chi connectivity index (χ0v) is 21.6. The maximum atomic E-state index is 12.5. The summed E-state index contributed by atoms with van der Waals surface area (Å²) in [7, 11) is 1.52. The number of methoxy groups -OCH3 is 1. The molecule has 2 N–H and O–H groups in total. The number of carbonyl (C=O) groups is 1. The van der Waals surface area contributed by atoms with Crippen LogP contribution in [0.1, 0.15) is 15.9 Å².